The van der Waals surface area contributed by atoms with Crippen LogP contribution in [0.3, 0.4) is 0 Å². The van der Waals surface area contributed by atoms with Crippen LogP contribution in [0.2, 0.25) is 0 Å². The molecule has 0 bridgehead atoms. The van der Waals surface area contributed by atoms with E-state index in [9.17, 15) is 14.9 Å². The second-order valence-electron chi connectivity index (χ2n) is 7.52. The summed E-state index contributed by atoms with van der Waals surface area (Å²) >= 11 is 0. The van der Waals surface area contributed by atoms with Gasteiger partial charge in [-0.1, -0.05) is 30.3 Å². The average molecular weight is 404 g/mol. The monoisotopic (exact) mass is 404 g/mol. The number of carbonyl (C=O) groups is 1. The Kier molecular flexibility index (Phi) is 5.65. The van der Waals surface area contributed by atoms with Gasteiger partial charge in [0.1, 0.15) is 6.04 Å². The van der Waals surface area contributed by atoms with Gasteiger partial charge in [0.15, 0.2) is 0 Å². The van der Waals surface area contributed by atoms with Gasteiger partial charge >= 0.3 is 5.69 Å². The van der Waals surface area contributed by atoms with Gasteiger partial charge in [-0.2, -0.15) is 5.26 Å². The van der Waals surface area contributed by atoms with Crippen LogP contribution in [0.15, 0.2) is 53.3 Å². The molecular weight excluding hydrogens is 380 g/mol. The molecule has 0 saturated carbocycles. The Morgan fingerprint density at radius 2 is 1.70 bits per heavy atom. The molecule has 30 heavy (non-hydrogen) atoms. The third-order valence-electron chi connectivity index (χ3n) is 5.66. The molecule has 8 heteroatoms. The highest BCUT2D eigenvalue weighted by molar-refractivity contribution is 5.96. The SMILES string of the molecule is CC(C(=O)Nc1ccc2[nH]c(=O)[nH]c2c1)N1CCN(C(C#N)c2ccccc2)CC1. The van der Waals surface area contributed by atoms with E-state index in [0.717, 1.165) is 18.7 Å². The smallest absolute Gasteiger partial charge is 0.323 e. The Morgan fingerprint density at radius 3 is 2.40 bits per heavy atom. The number of H-pyrrole nitrogens is 2. The Hall–Kier alpha value is -3.41. The molecular formula is C22H24N6O2. The Labute approximate surface area is 174 Å². The summed E-state index contributed by atoms with van der Waals surface area (Å²) in [6, 6.07) is 16.9. The van der Waals surface area contributed by atoms with E-state index in [1.165, 1.54) is 0 Å². The number of piperazine rings is 1. The fraction of sp³-hybridized carbons (Fsp3) is 0.318. The third kappa shape index (κ3) is 4.13. The number of imidazole rings is 1. The Morgan fingerprint density at radius 1 is 1.03 bits per heavy atom. The zero-order chi connectivity index (χ0) is 21.1. The van der Waals surface area contributed by atoms with Crippen LogP contribution in [0, 0.1) is 11.3 Å². The molecule has 1 aromatic heterocycles. The quantitative estimate of drug-likeness (QED) is 0.603. The molecule has 3 N–H and O–H groups in total. The van der Waals surface area contributed by atoms with E-state index in [1.807, 2.05) is 37.3 Å². The van der Waals surface area contributed by atoms with Crippen molar-refractivity contribution in [3.05, 3.63) is 64.6 Å². The first-order chi connectivity index (χ1) is 14.5. The second-order valence-corrected chi connectivity index (χ2v) is 7.52. The number of aromatic amines is 2. The maximum atomic E-state index is 12.7. The highest BCUT2D eigenvalue weighted by Gasteiger charge is 2.29. The van der Waals surface area contributed by atoms with E-state index in [1.54, 1.807) is 18.2 Å². The summed E-state index contributed by atoms with van der Waals surface area (Å²) in [4.78, 5) is 33.8. The van der Waals surface area contributed by atoms with Gasteiger partial charge in [0, 0.05) is 31.9 Å². The lowest BCUT2D eigenvalue weighted by Gasteiger charge is -2.39. The summed E-state index contributed by atoms with van der Waals surface area (Å²) in [5.41, 5.74) is 2.72. The molecule has 1 aliphatic heterocycles. The van der Waals surface area contributed by atoms with Crippen molar-refractivity contribution in [2.75, 3.05) is 31.5 Å². The molecule has 8 nitrogen and oxygen atoms in total. The third-order valence-corrected chi connectivity index (χ3v) is 5.66. The highest BCUT2D eigenvalue weighted by Crippen LogP contribution is 2.22. The van der Waals surface area contributed by atoms with E-state index >= 15 is 0 Å². The fourth-order valence-corrected chi connectivity index (χ4v) is 3.91. The number of benzene rings is 2. The van der Waals surface area contributed by atoms with Crippen LogP contribution < -0.4 is 11.0 Å². The number of hydrogen-bond acceptors (Lipinski definition) is 5. The largest absolute Gasteiger partial charge is 0.325 e. The van der Waals surface area contributed by atoms with E-state index in [0.29, 0.717) is 29.8 Å². The first-order valence-electron chi connectivity index (χ1n) is 10.0. The minimum Gasteiger partial charge on any atom is -0.325 e. The van der Waals surface area contributed by atoms with Crippen molar-refractivity contribution in [3.63, 3.8) is 0 Å². The van der Waals surface area contributed by atoms with Crippen molar-refractivity contribution < 1.29 is 4.79 Å². The first kappa shape index (κ1) is 19.9. The van der Waals surface area contributed by atoms with Crippen molar-refractivity contribution in [2.45, 2.75) is 19.0 Å². The lowest BCUT2D eigenvalue weighted by atomic mass is 10.1. The van der Waals surface area contributed by atoms with Crippen molar-refractivity contribution in [1.29, 1.82) is 5.26 Å². The molecule has 2 atom stereocenters. The number of hydrogen-bond donors (Lipinski definition) is 3. The topological polar surface area (TPSA) is 108 Å². The standard InChI is InChI=1S/C22H24N6O2/c1-15(21(29)24-17-7-8-18-19(13-17)26-22(30)25-18)27-9-11-28(12-10-27)20(14-23)16-5-3-2-4-6-16/h2-8,13,15,20H,9-12H2,1H3,(H,24,29)(H2,25,26,30). The molecule has 1 fully saturated rings. The van der Waals surface area contributed by atoms with Crippen molar-refractivity contribution in [1.82, 2.24) is 19.8 Å². The van der Waals surface area contributed by atoms with E-state index < -0.39 is 0 Å². The normalized spacial score (nSPS) is 17.3. The lowest BCUT2D eigenvalue weighted by Crippen LogP contribution is -2.53. The lowest BCUT2D eigenvalue weighted by molar-refractivity contribution is -0.121. The Bertz CT molecular complexity index is 1120. The van der Waals surface area contributed by atoms with Crippen LogP contribution in [0.5, 0.6) is 0 Å². The van der Waals surface area contributed by atoms with E-state index in [4.69, 9.17) is 0 Å². The summed E-state index contributed by atoms with van der Waals surface area (Å²) in [5.74, 6) is -0.0967. The molecule has 1 saturated heterocycles. The summed E-state index contributed by atoms with van der Waals surface area (Å²) in [6.07, 6.45) is 0. The van der Waals surface area contributed by atoms with Gasteiger partial charge in [0.2, 0.25) is 5.91 Å². The molecule has 2 heterocycles. The molecule has 3 aromatic rings. The number of nitrogens with zero attached hydrogens (tertiary/aromatic N) is 3. The van der Waals surface area contributed by atoms with Crippen LogP contribution in [-0.4, -0.2) is 57.9 Å². The molecule has 1 amide bonds. The number of amides is 1. The maximum absolute atomic E-state index is 12.7. The number of fused-ring (bicyclic) bond motifs is 1. The summed E-state index contributed by atoms with van der Waals surface area (Å²) in [6.45, 7) is 4.76. The number of aromatic nitrogens is 2. The predicted molar refractivity (Wildman–Crippen MR) is 115 cm³/mol. The number of carbonyl (C=O) groups excluding carboxylic acids is 1. The zero-order valence-electron chi connectivity index (χ0n) is 16.8. The van der Waals surface area contributed by atoms with Crippen molar-refractivity contribution >= 4 is 22.6 Å². The minimum atomic E-state index is -0.301. The molecule has 154 valence electrons. The summed E-state index contributed by atoms with van der Waals surface area (Å²) in [5, 5.41) is 12.6. The summed E-state index contributed by atoms with van der Waals surface area (Å²) in [7, 11) is 0. The van der Waals surface area contributed by atoms with Gasteiger partial charge in [-0.15, -0.1) is 0 Å². The minimum absolute atomic E-state index is 0.0967. The van der Waals surface area contributed by atoms with Crippen molar-refractivity contribution in [3.8, 4) is 6.07 Å². The zero-order valence-corrected chi connectivity index (χ0v) is 16.8. The number of nitrogens with one attached hydrogen (secondary N) is 3. The summed E-state index contributed by atoms with van der Waals surface area (Å²) < 4.78 is 0. The molecule has 1 aliphatic rings. The molecule has 2 aromatic carbocycles. The van der Waals surface area contributed by atoms with Crippen molar-refractivity contribution in [2.24, 2.45) is 0 Å². The Balaban J connectivity index is 1.36. The molecule has 4 rings (SSSR count). The molecule has 2 unspecified atom stereocenters. The van der Waals surface area contributed by atoms with Gasteiger partial charge in [-0.3, -0.25) is 14.6 Å². The average Bonchev–Trinajstić information content (AvgIpc) is 3.14. The molecule has 0 radical (unpaired) electrons. The van der Waals surface area contributed by atoms with Crippen LogP contribution in [0.25, 0.3) is 11.0 Å². The second kappa shape index (κ2) is 8.53. The predicted octanol–water partition coefficient (Wildman–Crippen LogP) is 2.07. The van der Waals surface area contributed by atoms with Crippen LogP contribution >= 0.6 is 0 Å². The number of nitriles is 1. The fourth-order valence-electron chi connectivity index (χ4n) is 3.91. The highest BCUT2D eigenvalue weighted by atomic mass is 16.2. The number of rotatable bonds is 5. The van der Waals surface area contributed by atoms with Gasteiger partial charge in [-0.25, -0.2) is 4.79 Å². The van der Waals surface area contributed by atoms with Gasteiger partial charge in [-0.05, 0) is 30.7 Å². The van der Waals surface area contributed by atoms with E-state index in [2.05, 4.69) is 31.2 Å². The first-order valence-corrected chi connectivity index (χ1v) is 10.0. The molecule has 0 aliphatic carbocycles. The van der Waals surface area contributed by atoms with Gasteiger partial charge < -0.3 is 15.3 Å². The maximum Gasteiger partial charge on any atom is 0.323 e. The van der Waals surface area contributed by atoms with Crippen LogP contribution in [0.4, 0.5) is 5.69 Å². The number of anilines is 1. The van der Waals surface area contributed by atoms with Crippen LogP contribution in [0.1, 0.15) is 18.5 Å². The van der Waals surface area contributed by atoms with Crippen LogP contribution in [-0.2, 0) is 4.79 Å². The van der Waals surface area contributed by atoms with Gasteiger partial charge in [0.05, 0.1) is 23.1 Å². The van der Waals surface area contributed by atoms with E-state index in [-0.39, 0.29) is 23.7 Å². The molecule has 0 spiro atoms. The van der Waals surface area contributed by atoms with Gasteiger partial charge in [0.25, 0.3) is 0 Å².